The molecule has 16 heteroatoms. The number of aliphatic hydroxyl groups is 1. The lowest BCUT2D eigenvalue weighted by Gasteiger charge is -2.23. The zero-order valence-corrected chi connectivity index (χ0v) is 20.3. The van der Waals surface area contributed by atoms with E-state index in [0.717, 1.165) is 6.20 Å². The van der Waals surface area contributed by atoms with Crippen LogP contribution in [0.25, 0.3) is 11.1 Å². The van der Waals surface area contributed by atoms with Gasteiger partial charge in [-0.3, -0.25) is 4.79 Å². The van der Waals surface area contributed by atoms with E-state index >= 15 is 0 Å². The average Bonchev–Trinajstić information content (AvgIpc) is 3.30. The van der Waals surface area contributed by atoms with Crippen LogP contribution in [-0.2, 0) is 16.0 Å². The van der Waals surface area contributed by atoms with E-state index in [2.05, 4.69) is 20.4 Å². The second-order valence-corrected chi connectivity index (χ2v) is 8.72. The average molecular weight is 581 g/mol. The van der Waals surface area contributed by atoms with Crippen LogP contribution in [0.5, 0.6) is 0 Å². The highest BCUT2D eigenvalue weighted by Crippen LogP contribution is 2.35. The zero-order chi connectivity index (χ0) is 29.0. The number of aromatic nitrogens is 3. The molecule has 1 heterocycles. The molecule has 2 unspecified atom stereocenters. The summed E-state index contributed by atoms with van der Waals surface area (Å²) in [5.74, 6) is -8.56. The maximum atomic E-state index is 14.2. The molecular formula is C23H19ClF6N4O5. The van der Waals surface area contributed by atoms with Crippen molar-refractivity contribution in [1.29, 1.82) is 0 Å². The lowest BCUT2D eigenvalue weighted by atomic mass is 9.97. The number of nitrogens with one attached hydrogen (secondary N) is 1. The van der Waals surface area contributed by atoms with Crippen molar-refractivity contribution in [3.05, 3.63) is 70.8 Å². The minimum absolute atomic E-state index is 0.0969. The number of nitrogens with zero attached hydrogens (tertiary/aromatic N) is 3. The summed E-state index contributed by atoms with van der Waals surface area (Å²) in [5, 5.41) is 28.6. The number of hydrogen-bond acceptors (Lipinski definition) is 7. The van der Waals surface area contributed by atoms with E-state index in [-0.39, 0.29) is 22.5 Å². The second-order valence-electron chi connectivity index (χ2n) is 8.28. The van der Waals surface area contributed by atoms with Crippen molar-refractivity contribution in [3.8, 4) is 11.1 Å². The highest BCUT2D eigenvalue weighted by atomic mass is 35.5. The van der Waals surface area contributed by atoms with Crippen molar-refractivity contribution in [2.45, 2.75) is 37.1 Å². The normalized spacial score (nSPS) is 13.5. The van der Waals surface area contributed by atoms with Gasteiger partial charge in [0.25, 0.3) is 5.91 Å². The predicted octanol–water partition coefficient (Wildman–Crippen LogP) is 3.81. The Labute approximate surface area is 220 Å². The van der Waals surface area contributed by atoms with Gasteiger partial charge < -0.3 is 20.4 Å². The molecule has 2 atom stereocenters. The summed E-state index contributed by atoms with van der Waals surface area (Å²) >= 11 is 5.92. The lowest BCUT2D eigenvalue weighted by molar-refractivity contribution is -0.294. The van der Waals surface area contributed by atoms with Gasteiger partial charge in [0.15, 0.2) is 18.4 Å². The Kier molecular flexibility index (Phi) is 9.07. The first-order valence-corrected chi connectivity index (χ1v) is 11.3. The molecule has 0 fully saturated rings. The first kappa shape index (κ1) is 29.7. The molecule has 1 amide bonds. The molecule has 0 saturated heterocycles. The van der Waals surface area contributed by atoms with Gasteiger partial charge in [0.1, 0.15) is 5.82 Å². The summed E-state index contributed by atoms with van der Waals surface area (Å²) in [6.45, 7) is -2.34. The molecule has 0 radical (unpaired) electrons. The number of aliphatic hydroxyl groups excluding tert-OH is 1. The number of alkyl halides is 5. The fourth-order valence-corrected chi connectivity index (χ4v) is 3.51. The fraction of sp³-hybridized carbons (Fsp3) is 0.304. The Hall–Kier alpha value is -3.85. The van der Waals surface area contributed by atoms with Crippen LogP contribution in [0.2, 0.25) is 5.02 Å². The monoisotopic (exact) mass is 580 g/mol. The molecule has 3 rings (SSSR count). The number of esters is 1. The molecule has 0 bridgehead atoms. The van der Waals surface area contributed by atoms with Gasteiger partial charge in [0.05, 0.1) is 6.20 Å². The maximum Gasteiger partial charge on any atom is 0.456 e. The largest absolute Gasteiger partial charge is 0.457 e. The van der Waals surface area contributed by atoms with Crippen LogP contribution in [-0.4, -0.2) is 68.2 Å². The summed E-state index contributed by atoms with van der Waals surface area (Å²) < 4.78 is 81.2. The van der Waals surface area contributed by atoms with Crippen molar-refractivity contribution in [2.24, 2.45) is 0 Å². The first-order valence-electron chi connectivity index (χ1n) is 10.9. The van der Waals surface area contributed by atoms with Crippen LogP contribution in [0.15, 0.2) is 48.7 Å². The molecule has 0 spiro atoms. The molecular weight excluding hydrogens is 562 g/mol. The second kappa shape index (κ2) is 11.9. The van der Waals surface area contributed by atoms with Crippen LogP contribution in [0.4, 0.5) is 26.3 Å². The Morgan fingerprint density at radius 3 is 2.36 bits per heavy atom. The van der Waals surface area contributed by atoms with E-state index in [1.54, 1.807) is 0 Å². The van der Waals surface area contributed by atoms with Gasteiger partial charge in [-0.25, -0.2) is 9.18 Å². The smallest absolute Gasteiger partial charge is 0.456 e. The van der Waals surface area contributed by atoms with Crippen LogP contribution in [0, 0.1) is 5.82 Å². The van der Waals surface area contributed by atoms with E-state index in [9.17, 15) is 46.2 Å². The Bertz CT molecular complexity index is 1320. The molecule has 9 nitrogen and oxygen atoms in total. The topological polar surface area (TPSA) is 127 Å². The van der Waals surface area contributed by atoms with Crippen LogP contribution < -0.4 is 5.32 Å². The Morgan fingerprint density at radius 2 is 1.77 bits per heavy atom. The summed E-state index contributed by atoms with van der Waals surface area (Å²) in [7, 11) is 0. The van der Waals surface area contributed by atoms with Gasteiger partial charge in [0.2, 0.25) is 0 Å². The van der Waals surface area contributed by atoms with Gasteiger partial charge in [-0.1, -0.05) is 40.7 Å². The van der Waals surface area contributed by atoms with Gasteiger partial charge in [0, 0.05) is 23.0 Å². The number of carbonyl (C=O) groups is 2. The Morgan fingerprint density at radius 1 is 1.10 bits per heavy atom. The summed E-state index contributed by atoms with van der Waals surface area (Å²) in [5.41, 5.74) is 0.783. The molecule has 3 N–H and O–H groups in total. The molecule has 0 aliphatic rings. The van der Waals surface area contributed by atoms with Crippen LogP contribution in [0.1, 0.15) is 22.5 Å². The number of amides is 1. The van der Waals surface area contributed by atoms with Crippen LogP contribution in [0.3, 0.4) is 0 Å². The third-order valence-electron chi connectivity index (χ3n) is 5.32. The molecule has 0 aliphatic heterocycles. The molecule has 210 valence electrons. The molecule has 0 aliphatic carbocycles. The van der Waals surface area contributed by atoms with Crippen LogP contribution >= 0.6 is 11.6 Å². The van der Waals surface area contributed by atoms with Gasteiger partial charge in [-0.2, -0.15) is 22.0 Å². The minimum atomic E-state index is -5.97. The number of ether oxygens (including phenoxy) is 1. The van der Waals surface area contributed by atoms with Crippen molar-refractivity contribution < 1.29 is 51.0 Å². The van der Waals surface area contributed by atoms with Crippen molar-refractivity contribution in [2.75, 3.05) is 6.61 Å². The van der Waals surface area contributed by atoms with Crippen molar-refractivity contribution >= 4 is 23.5 Å². The number of benzene rings is 2. The number of rotatable bonds is 10. The van der Waals surface area contributed by atoms with Crippen molar-refractivity contribution in [1.82, 2.24) is 20.5 Å². The fourth-order valence-electron chi connectivity index (χ4n) is 3.34. The molecule has 0 saturated carbocycles. The maximum absolute atomic E-state index is 14.2. The summed E-state index contributed by atoms with van der Waals surface area (Å²) in [6.07, 6.45) is -8.10. The lowest BCUT2D eigenvalue weighted by Crippen LogP contribution is -2.44. The Balaban J connectivity index is 1.75. The van der Waals surface area contributed by atoms with E-state index in [0.29, 0.717) is 16.1 Å². The number of hydrogen-bond donors (Lipinski definition) is 3. The third-order valence-corrected chi connectivity index (χ3v) is 5.55. The van der Waals surface area contributed by atoms with Gasteiger partial charge in [-0.05, 0) is 41.0 Å². The van der Waals surface area contributed by atoms with E-state index in [1.807, 2.05) is 0 Å². The van der Waals surface area contributed by atoms with Gasteiger partial charge in [-0.15, -0.1) is 5.10 Å². The van der Waals surface area contributed by atoms with E-state index in [4.69, 9.17) is 11.6 Å². The highest BCUT2D eigenvalue weighted by Gasteiger charge is 2.58. The predicted molar refractivity (Wildman–Crippen MR) is 122 cm³/mol. The standard InChI is InChI=1S/C23H19ClF6N4O5/c24-14-5-6-17(25)16(8-14)13-3-1-12(2-4-13)7-15(31-20(36)18-10-34(38)33-32-18)9-19(35)21(37)39-11-22(26,27)23(28,29)30/h1-6,8,10,15,19,35,38H,7,9,11H2,(H,31,36). The van der Waals surface area contributed by atoms with E-state index in [1.165, 1.54) is 42.5 Å². The number of halogens is 7. The third kappa shape index (κ3) is 7.83. The first-order chi connectivity index (χ1) is 18.2. The molecule has 1 aromatic heterocycles. The molecule has 39 heavy (non-hydrogen) atoms. The quantitative estimate of drug-likeness (QED) is 0.189. The highest BCUT2D eigenvalue weighted by molar-refractivity contribution is 6.30. The molecule has 3 aromatic rings. The van der Waals surface area contributed by atoms with E-state index < -0.39 is 55.0 Å². The van der Waals surface area contributed by atoms with Crippen molar-refractivity contribution in [3.63, 3.8) is 0 Å². The number of carbonyl (C=O) groups excluding carboxylic acids is 2. The molecule has 2 aromatic carbocycles. The summed E-state index contributed by atoms with van der Waals surface area (Å²) in [4.78, 5) is 24.6. The zero-order valence-electron chi connectivity index (χ0n) is 19.5. The van der Waals surface area contributed by atoms with Gasteiger partial charge >= 0.3 is 18.1 Å². The SMILES string of the molecule is O=C(NC(Cc1ccc(-c2cc(Cl)ccc2F)cc1)CC(O)C(=O)OCC(F)(F)C(F)(F)F)c1cn(O)nn1. The summed E-state index contributed by atoms with van der Waals surface area (Å²) in [6, 6.07) is 8.98. The minimum Gasteiger partial charge on any atom is -0.457 e.